The minimum absolute atomic E-state index is 0.166. The van der Waals surface area contributed by atoms with Crippen LogP contribution in [0.3, 0.4) is 0 Å². The van der Waals surface area contributed by atoms with Crippen molar-refractivity contribution in [3.05, 3.63) is 78.1 Å². The number of H-pyrrole nitrogens is 1. The van der Waals surface area contributed by atoms with Gasteiger partial charge < -0.3 is 10.3 Å². The van der Waals surface area contributed by atoms with Crippen molar-refractivity contribution in [3.8, 4) is 11.3 Å². The second kappa shape index (κ2) is 8.55. The first-order valence-corrected chi connectivity index (χ1v) is 11.9. The Bertz CT molecular complexity index is 1360. The Balaban J connectivity index is 1.62. The molecule has 0 saturated carbocycles. The van der Waals surface area contributed by atoms with Crippen LogP contribution in [0.2, 0.25) is 0 Å². The molecular formula is C24H24N4O3S. The highest BCUT2D eigenvalue weighted by molar-refractivity contribution is 7.92. The Morgan fingerprint density at radius 1 is 1.00 bits per heavy atom. The van der Waals surface area contributed by atoms with Gasteiger partial charge >= 0.3 is 0 Å². The largest absolute Gasteiger partial charge is 0.345 e. The molecule has 2 aromatic carbocycles. The SMILES string of the molecule is CC(C)S(=O)(=O)c1ccc(-c2cnc3[nH]cc(C(=O)N[C@H](C)c4ccccc4)c3n2)cc1. The zero-order valence-corrected chi connectivity index (χ0v) is 18.8. The van der Waals surface area contributed by atoms with Crippen LogP contribution in [0.5, 0.6) is 0 Å². The normalized spacial score (nSPS) is 12.8. The molecule has 0 unspecified atom stereocenters. The fourth-order valence-electron chi connectivity index (χ4n) is 3.39. The van der Waals surface area contributed by atoms with Crippen LogP contribution in [-0.2, 0) is 9.84 Å². The van der Waals surface area contributed by atoms with Gasteiger partial charge in [0.15, 0.2) is 15.5 Å². The molecule has 4 rings (SSSR count). The Morgan fingerprint density at radius 3 is 2.34 bits per heavy atom. The highest BCUT2D eigenvalue weighted by Gasteiger charge is 2.20. The Hall–Kier alpha value is -3.52. The number of nitrogens with one attached hydrogen (secondary N) is 2. The summed E-state index contributed by atoms with van der Waals surface area (Å²) in [5.41, 5.74) is 3.63. The van der Waals surface area contributed by atoms with Crippen LogP contribution >= 0.6 is 0 Å². The van der Waals surface area contributed by atoms with E-state index in [0.717, 1.165) is 5.56 Å². The third kappa shape index (κ3) is 4.13. The van der Waals surface area contributed by atoms with Crippen molar-refractivity contribution < 1.29 is 13.2 Å². The molecule has 8 heteroatoms. The van der Waals surface area contributed by atoms with Gasteiger partial charge in [-0.1, -0.05) is 42.5 Å². The molecule has 0 bridgehead atoms. The van der Waals surface area contributed by atoms with E-state index < -0.39 is 15.1 Å². The molecular weight excluding hydrogens is 424 g/mol. The summed E-state index contributed by atoms with van der Waals surface area (Å²) in [5, 5.41) is 2.49. The number of benzene rings is 2. The summed E-state index contributed by atoms with van der Waals surface area (Å²) in [6, 6.07) is 16.1. The molecule has 0 aliphatic carbocycles. The molecule has 1 atom stereocenters. The second-order valence-corrected chi connectivity index (χ2v) is 10.4. The van der Waals surface area contributed by atoms with E-state index in [2.05, 4.69) is 20.3 Å². The predicted molar refractivity (Wildman–Crippen MR) is 124 cm³/mol. The molecule has 0 fully saturated rings. The van der Waals surface area contributed by atoms with Crippen molar-refractivity contribution in [1.82, 2.24) is 20.3 Å². The van der Waals surface area contributed by atoms with Crippen molar-refractivity contribution in [2.45, 2.75) is 37.0 Å². The summed E-state index contributed by atoms with van der Waals surface area (Å²) in [7, 11) is -3.35. The van der Waals surface area contributed by atoms with E-state index in [-0.39, 0.29) is 16.8 Å². The number of rotatable bonds is 6. The van der Waals surface area contributed by atoms with E-state index in [1.807, 2.05) is 37.3 Å². The highest BCUT2D eigenvalue weighted by atomic mass is 32.2. The van der Waals surface area contributed by atoms with Crippen molar-refractivity contribution in [2.75, 3.05) is 0 Å². The smallest absolute Gasteiger partial charge is 0.255 e. The van der Waals surface area contributed by atoms with Crippen LogP contribution in [-0.4, -0.2) is 34.5 Å². The molecule has 0 spiro atoms. The van der Waals surface area contributed by atoms with Gasteiger partial charge in [-0.2, -0.15) is 0 Å². The standard InChI is InChI=1S/C24H24N4O3S/c1-15(2)32(30,31)19-11-9-18(10-12-19)21-14-26-23-22(28-21)20(13-25-23)24(29)27-16(3)17-7-5-4-6-8-17/h4-16H,1-3H3,(H,25,26)(H,27,29)/t16-/m1/s1. The first kappa shape index (κ1) is 21.7. The number of nitrogens with zero attached hydrogens (tertiary/aromatic N) is 2. The van der Waals surface area contributed by atoms with E-state index in [1.54, 1.807) is 50.5 Å². The lowest BCUT2D eigenvalue weighted by atomic mass is 10.1. The lowest BCUT2D eigenvalue weighted by molar-refractivity contribution is 0.0941. The molecule has 4 aromatic rings. The first-order chi connectivity index (χ1) is 15.3. The maximum Gasteiger partial charge on any atom is 0.255 e. The van der Waals surface area contributed by atoms with E-state index in [1.165, 1.54) is 0 Å². The number of sulfone groups is 1. The monoisotopic (exact) mass is 448 g/mol. The van der Waals surface area contributed by atoms with E-state index in [0.29, 0.717) is 28.0 Å². The molecule has 32 heavy (non-hydrogen) atoms. The number of fused-ring (bicyclic) bond motifs is 1. The van der Waals surface area contributed by atoms with Crippen LogP contribution in [0, 0.1) is 0 Å². The summed E-state index contributed by atoms with van der Waals surface area (Å²) >= 11 is 0. The molecule has 0 saturated heterocycles. The second-order valence-electron chi connectivity index (χ2n) is 7.88. The summed E-state index contributed by atoms with van der Waals surface area (Å²) in [6.07, 6.45) is 3.19. The maximum atomic E-state index is 12.9. The van der Waals surface area contributed by atoms with Crippen LogP contribution in [0.1, 0.15) is 42.7 Å². The van der Waals surface area contributed by atoms with Crippen LogP contribution in [0.25, 0.3) is 22.4 Å². The zero-order valence-electron chi connectivity index (χ0n) is 18.0. The fraction of sp³-hybridized carbons (Fsp3) is 0.208. The summed E-state index contributed by atoms with van der Waals surface area (Å²) in [5.74, 6) is -0.252. The zero-order chi connectivity index (χ0) is 22.9. The number of aromatic nitrogens is 3. The van der Waals surface area contributed by atoms with Gasteiger partial charge in [0.05, 0.1) is 33.6 Å². The maximum absolute atomic E-state index is 12.9. The van der Waals surface area contributed by atoms with Crippen LogP contribution < -0.4 is 5.32 Å². The average Bonchev–Trinajstić information content (AvgIpc) is 3.23. The molecule has 1 amide bonds. The Labute approximate surface area is 186 Å². The van der Waals surface area contributed by atoms with Gasteiger partial charge in [-0.25, -0.2) is 18.4 Å². The molecule has 7 nitrogen and oxygen atoms in total. The number of hydrogen-bond donors (Lipinski definition) is 2. The van der Waals surface area contributed by atoms with Crippen molar-refractivity contribution >= 4 is 26.9 Å². The molecule has 2 heterocycles. The highest BCUT2D eigenvalue weighted by Crippen LogP contribution is 2.24. The van der Waals surface area contributed by atoms with Gasteiger partial charge in [-0.15, -0.1) is 0 Å². The number of aromatic amines is 1. The van der Waals surface area contributed by atoms with Crippen LogP contribution in [0.4, 0.5) is 0 Å². The Kier molecular flexibility index (Phi) is 5.80. The average molecular weight is 449 g/mol. The van der Waals surface area contributed by atoms with Gasteiger partial charge in [0.25, 0.3) is 5.91 Å². The number of amides is 1. The van der Waals surface area contributed by atoms with Gasteiger partial charge in [0, 0.05) is 11.8 Å². The Morgan fingerprint density at radius 2 is 1.69 bits per heavy atom. The van der Waals surface area contributed by atoms with E-state index in [4.69, 9.17) is 0 Å². The molecule has 0 radical (unpaired) electrons. The lowest BCUT2D eigenvalue weighted by Crippen LogP contribution is -2.26. The topological polar surface area (TPSA) is 105 Å². The summed E-state index contributed by atoms with van der Waals surface area (Å²) < 4.78 is 24.7. The lowest BCUT2D eigenvalue weighted by Gasteiger charge is -2.13. The third-order valence-corrected chi connectivity index (χ3v) is 7.54. The summed E-state index contributed by atoms with van der Waals surface area (Å²) in [4.78, 5) is 25.2. The number of carbonyl (C=O) groups excluding carboxylic acids is 1. The van der Waals surface area contributed by atoms with Gasteiger partial charge in [0.1, 0.15) is 5.52 Å². The number of carbonyl (C=O) groups is 1. The van der Waals surface area contributed by atoms with Gasteiger partial charge in [-0.05, 0) is 38.5 Å². The quantitative estimate of drug-likeness (QED) is 0.458. The fourth-order valence-corrected chi connectivity index (χ4v) is 4.45. The minimum atomic E-state index is -3.35. The molecule has 0 aliphatic rings. The summed E-state index contributed by atoms with van der Waals surface area (Å²) in [6.45, 7) is 5.23. The van der Waals surface area contributed by atoms with Crippen molar-refractivity contribution in [2.24, 2.45) is 0 Å². The third-order valence-electron chi connectivity index (χ3n) is 5.37. The van der Waals surface area contributed by atoms with Crippen molar-refractivity contribution in [3.63, 3.8) is 0 Å². The van der Waals surface area contributed by atoms with Gasteiger partial charge in [0.2, 0.25) is 0 Å². The van der Waals surface area contributed by atoms with E-state index >= 15 is 0 Å². The first-order valence-electron chi connectivity index (χ1n) is 10.3. The molecule has 2 aromatic heterocycles. The van der Waals surface area contributed by atoms with E-state index in [9.17, 15) is 13.2 Å². The molecule has 0 aliphatic heterocycles. The van der Waals surface area contributed by atoms with Crippen molar-refractivity contribution in [1.29, 1.82) is 0 Å². The number of hydrogen-bond acceptors (Lipinski definition) is 5. The molecule has 164 valence electrons. The van der Waals surface area contributed by atoms with Crippen LogP contribution in [0.15, 0.2) is 71.9 Å². The predicted octanol–water partition coefficient (Wildman–Crippen LogP) is 4.30. The molecule has 2 N–H and O–H groups in total. The minimum Gasteiger partial charge on any atom is -0.345 e. The van der Waals surface area contributed by atoms with Gasteiger partial charge in [-0.3, -0.25) is 4.79 Å².